The van der Waals surface area contributed by atoms with Crippen LogP contribution >= 0.6 is 0 Å². The standard InChI is InChI=1S/C16H22N2O2/c1-11(2)18(10-12(3)19)16(20)15-9-13-7-5-6-8-14(13)17(15)4/h5-9,11-12,19H,10H2,1-4H3. The number of carbonyl (C=O) groups excluding carboxylic acids is 1. The molecule has 0 spiro atoms. The van der Waals surface area contributed by atoms with Gasteiger partial charge < -0.3 is 14.6 Å². The van der Waals surface area contributed by atoms with Gasteiger partial charge in [-0.15, -0.1) is 0 Å². The molecule has 1 N–H and O–H groups in total. The molecule has 1 amide bonds. The van der Waals surface area contributed by atoms with Crippen molar-refractivity contribution in [2.45, 2.75) is 32.9 Å². The molecular formula is C16H22N2O2. The van der Waals surface area contributed by atoms with Gasteiger partial charge in [0.2, 0.25) is 0 Å². The molecule has 2 aromatic rings. The number of para-hydroxylation sites is 1. The average Bonchev–Trinajstić information content (AvgIpc) is 2.73. The lowest BCUT2D eigenvalue weighted by molar-refractivity contribution is 0.0570. The Morgan fingerprint density at radius 2 is 1.95 bits per heavy atom. The number of aryl methyl sites for hydroxylation is 1. The Morgan fingerprint density at radius 3 is 2.50 bits per heavy atom. The molecule has 1 heterocycles. The highest BCUT2D eigenvalue weighted by molar-refractivity contribution is 5.98. The summed E-state index contributed by atoms with van der Waals surface area (Å²) in [5.74, 6) is -0.0420. The fourth-order valence-corrected chi connectivity index (χ4v) is 2.45. The van der Waals surface area contributed by atoms with Crippen LogP contribution in [0.15, 0.2) is 30.3 Å². The molecule has 20 heavy (non-hydrogen) atoms. The highest BCUT2D eigenvalue weighted by Gasteiger charge is 2.23. The van der Waals surface area contributed by atoms with E-state index in [0.29, 0.717) is 12.2 Å². The van der Waals surface area contributed by atoms with Crippen molar-refractivity contribution >= 4 is 16.8 Å². The molecule has 4 heteroatoms. The third-order valence-corrected chi connectivity index (χ3v) is 3.52. The van der Waals surface area contributed by atoms with E-state index in [-0.39, 0.29) is 11.9 Å². The number of nitrogens with zero attached hydrogens (tertiary/aromatic N) is 2. The van der Waals surface area contributed by atoms with Crippen molar-refractivity contribution in [2.75, 3.05) is 6.54 Å². The third-order valence-electron chi connectivity index (χ3n) is 3.52. The molecule has 0 aliphatic heterocycles. The maximum atomic E-state index is 12.7. The Morgan fingerprint density at radius 1 is 1.30 bits per heavy atom. The number of rotatable bonds is 4. The van der Waals surface area contributed by atoms with Crippen molar-refractivity contribution in [2.24, 2.45) is 7.05 Å². The van der Waals surface area contributed by atoms with Crippen molar-refractivity contribution in [3.05, 3.63) is 36.0 Å². The zero-order valence-electron chi connectivity index (χ0n) is 12.5. The second kappa shape index (κ2) is 5.67. The maximum absolute atomic E-state index is 12.7. The third kappa shape index (κ3) is 2.70. The van der Waals surface area contributed by atoms with Gasteiger partial charge in [0.05, 0.1) is 6.10 Å². The van der Waals surface area contributed by atoms with Gasteiger partial charge in [-0.1, -0.05) is 18.2 Å². The van der Waals surface area contributed by atoms with Gasteiger partial charge in [0.1, 0.15) is 5.69 Å². The minimum absolute atomic E-state index is 0.0420. The van der Waals surface area contributed by atoms with Crippen LogP contribution in [0, 0.1) is 0 Å². The molecule has 0 fully saturated rings. The van der Waals surface area contributed by atoms with Crippen LogP contribution in [-0.4, -0.2) is 39.2 Å². The Kier molecular flexibility index (Phi) is 4.14. The molecule has 0 aliphatic carbocycles. The second-order valence-electron chi connectivity index (χ2n) is 5.55. The monoisotopic (exact) mass is 274 g/mol. The van der Waals surface area contributed by atoms with Crippen LogP contribution in [0.4, 0.5) is 0 Å². The molecular weight excluding hydrogens is 252 g/mol. The molecule has 1 aromatic carbocycles. The van der Waals surface area contributed by atoms with Crippen LogP contribution in [0.1, 0.15) is 31.3 Å². The van der Waals surface area contributed by atoms with Crippen LogP contribution in [-0.2, 0) is 7.05 Å². The van der Waals surface area contributed by atoms with E-state index in [1.54, 1.807) is 11.8 Å². The number of carbonyl (C=O) groups is 1. The van der Waals surface area contributed by atoms with Gasteiger partial charge in [0, 0.05) is 30.5 Å². The lowest BCUT2D eigenvalue weighted by Gasteiger charge is -2.28. The van der Waals surface area contributed by atoms with E-state index < -0.39 is 6.10 Å². The lowest BCUT2D eigenvalue weighted by Crippen LogP contribution is -2.42. The van der Waals surface area contributed by atoms with Crippen LogP contribution in [0.3, 0.4) is 0 Å². The van der Waals surface area contributed by atoms with E-state index in [2.05, 4.69) is 0 Å². The first-order chi connectivity index (χ1) is 9.41. The molecule has 1 unspecified atom stereocenters. The summed E-state index contributed by atoms with van der Waals surface area (Å²) in [5, 5.41) is 10.6. The summed E-state index contributed by atoms with van der Waals surface area (Å²) in [6.45, 7) is 5.97. The second-order valence-corrected chi connectivity index (χ2v) is 5.55. The SMILES string of the molecule is CC(O)CN(C(=O)c1cc2ccccc2n1C)C(C)C. The van der Waals surface area contributed by atoms with Crippen molar-refractivity contribution in [3.8, 4) is 0 Å². The molecule has 1 aromatic heterocycles. The number of aliphatic hydroxyl groups is 1. The molecule has 0 aliphatic rings. The van der Waals surface area contributed by atoms with Gasteiger partial charge in [-0.3, -0.25) is 4.79 Å². The lowest BCUT2D eigenvalue weighted by atomic mass is 10.2. The molecule has 4 nitrogen and oxygen atoms in total. The smallest absolute Gasteiger partial charge is 0.270 e. The number of hydrogen-bond donors (Lipinski definition) is 1. The molecule has 0 radical (unpaired) electrons. The molecule has 1 atom stereocenters. The number of amides is 1. The van der Waals surface area contributed by atoms with Gasteiger partial charge >= 0.3 is 0 Å². The fourth-order valence-electron chi connectivity index (χ4n) is 2.45. The quantitative estimate of drug-likeness (QED) is 0.930. The van der Waals surface area contributed by atoms with Crippen molar-refractivity contribution in [1.82, 2.24) is 9.47 Å². The van der Waals surface area contributed by atoms with Crippen LogP contribution in [0.25, 0.3) is 10.9 Å². The number of aromatic nitrogens is 1. The highest BCUT2D eigenvalue weighted by Crippen LogP contribution is 2.20. The predicted molar refractivity (Wildman–Crippen MR) is 80.8 cm³/mol. The average molecular weight is 274 g/mol. The summed E-state index contributed by atoms with van der Waals surface area (Å²) in [7, 11) is 1.90. The molecule has 0 saturated heterocycles. The Bertz CT molecular complexity index is 614. The number of benzene rings is 1. The number of hydrogen-bond acceptors (Lipinski definition) is 2. The highest BCUT2D eigenvalue weighted by atomic mass is 16.3. The fraction of sp³-hybridized carbons (Fsp3) is 0.438. The van der Waals surface area contributed by atoms with E-state index in [4.69, 9.17) is 0 Å². The van der Waals surface area contributed by atoms with E-state index >= 15 is 0 Å². The summed E-state index contributed by atoms with van der Waals surface area (Å²) in [5.41, 5.74) is 1.69. The topological polar surface area (TPSA) is 45.5 Å². The normalized spacial score (nSPS) is 12.9. The Balaban J connectivity index is 2.41. The molecule has 0 saturated carbocycles. The first-order valence-corrected chi connectivity index (χ1v) is 6.95. The van der Waals surface area contributed by atoms with Crippen molar-refractivity contribution in [3.63, 3.8) is 0 Å². The van der Waals surface area contributed by atoms with Crippen LogP contribution in [0.5, 0.6) is 0 Å². The van der Waals surface area contributed by atoms with Crippen molar-refractivity contribution in [1.29, 1.82) is 0 Å². The van der Waals surface area contributed by atoms with E-state index in [1.165, 1.54) is 0 Å². The summed E-state index contributed by atoms with van der Waals surface area (Å²) in [4.78, 5) is 14.4. The maximum Gasteiger partial charge on any atom is 0.270 e. The zero-order chi connectivity index (χ0) is 14.9. The summed E-state index contributed by atoms with van der Waals surface area (Å²) in [6, 6.07) is 9.89. The zero-order valence-corrected chi connectivity index (χ0v) is 12.5. The van der Waals surface area contributed by atoms with E-state index in [9.17, 15) is 9.90 Å². The van der Waals surface area contributed by atoms with E-state index in [0.717, 1.165) is 10.9 Å². The largest absolute Gasteiger partial charge is 0.392 e. The van der Waals surface area contributed by atoms with Crippen LogP contribution < -0.4 is 0 Å². The predicted octanol–water partition coefficient (Wildman–Crippen LogP) is 2.41. The number of aliphatic hydroxyl groups excluding tert-OH is 1. The minimum Gasteiger partial charge on any atom is -0.392 e. The van der Waals surface area contributed by atoms with Crippen LogP contribution in [0.2, 0.25) is 0 Å². The first-order valence-electron chi connectivity index (χ1n) is 6.95. The Labute approximate surface area is 119 Å². The number of fused-ring (bicyclic) bond motifs is 1. The van der Waals surface area contributed by atoms with Gasteiger partial charge in [0.15, 0.2) is 0 Å². The summed E-state index contributed by atoms with van der Waals surface area (Å²) in [6.07, 6.45) is -0.531. The van der Waals surface area contributed by atoms with Crippen molar-refractivity contribution < 1.29 is 9.90 Å². The summed E-state index contributed by atoms with van der Waals surface area (Å²) < 4.78 is 1.91. The van der Waals surface area contributed by atoms with E-state index in [1.807, 2.05) is 55.8 Å². The first kappa shape index (κ1) is 14.6. The van der Waals surface area contributed by atoms with Gasteiger partial charge in [-0.05, 0) is 32.9 Å². The molecule has 2 rings (SSSR count). The Hall–Kier alpha value is -1.81. The minimum atomic E-state index is -0.531. The molecule has 0 bridgehead atoms. The van der Waals surface area contributed by atoms with Gasteiger partial charge in [-0.2, -0.15) is 0 Å². The van der Waals surface area contributed by atoms with Gasteiger partial charge in [0.25, 0.3) is 5.91 Å². The van der Waals surface area contributed by atoms with Gasteiger partial charge in [-0.25, -0.2) is 0 Å². The summed E-state index contributed by atoms with van der Waals surface area (Å²) >= 11 is 0. The molecule has 108 valence electrons.